The summed E-state index contributed by atoms with van der Waals surface area (Å²) in [4.78, 5) is 22.4. The highest BCUT2D eigenvalue weighted by molar-refractivity contribution is 5.82. The Balaban J connectivity index is 1.71. The molecular formula is C12H19NO5. The number of carbonyl (C=O) groups excluding carboxylic acids is 1. The highest BCUT2D eigenvalue weighted by atomic mass is 16.5. The molecule has 18 heavy (non-hydrogen) atoms. The molecular weight excluding hydrogens is 238 g/mol. The van der Waals surface area contributed by atoms with Gasteiger partial charge in [-0.2, -0.15) is 0 Å². The Morgan fingerprint density at radius 1 is 1.17 bits per heavy atom. The molecule has 1 heterocycles. The summed E-state index contributed by atoms with van der Waals surface area (Å²) in [5.41, 5.74) is 0. The van der Waals surface area contributed by atoms with E-state index in [9.17, 15) is 14.7 Å². The first kappa shape index (κ1) is 13.3. The zero-order valence-corrected chi connectivity index (χ0v) is 10.2. The second-order valence-electron chi connectivity index (χ2n) is 5.11. The number of hydrogen-bond donors (Lipinski definition) is 3. The highest BCUT2D eigenvalue weighted by Gasteiger charge is 2.35. The summed E-state index contributed by atoms with van der Waals surface area (Å²) in [5.74, 6) is -0.926. The van der Waals surface area contributed by atoms with E-state index in [2.05, 4.69) is 5.32 Å². The van der Waals surface area contributed by atoms with Gasteiger partial charge in [0.2, 0.25) is 5.91 Å². The Kier molecular flexibility index (Phi) is 4.19. The lowest BCUT2D eigenvalue weighted by Gasteiger charge is -2.14. The maximum atomic E-state index is 11.8. The molecule has 1 aliphatic heterocycles. The second kappa shape index (κ2) is 5.67. The Morgan fingerprint density at radius 3 is 2.44 bits per heavy atom. The molecule has 1 aliphatic carbocycles. The van der Waals surface area contributed by atoms with E-state index >= 15 is 0 Å². The molecule has 0 aromatic heterocycles. The average molecular weight is 257 g/mol. The van der Waals surface area contributed by atoms with Crippen molar-refractivity contribution in [2.45, 2.75) is 50.4 Å². The molecule has 1 saturated heterocycles. The van der Waals surface area contributed by atoms with E-state index in [-0.39, 0.29) is 12.0 Å². The molecule has 6 heteroatoms. The number of rotatable bonds is 4. The third kappa shape index (κ3) is 3.20. The van der Waals surface area contributed by atoms with E-state index < -0.39 is 18.2 Å². The van der Waals surface area contributed by atoms with E-state index in [1.807, 2.05) is 0 Å². The Hall–Kier alpha value is -1.14. The van der Waals surface area contributed by atoms with Crippen LogP contribution in [0.1, 0.15) is 32.1 Å². The number of hydrogen-bond acceptors (Lipinski definition) is 4. The number of aliphatic hydroxyl groups excluding tert-OH is 1. The van der Waals surface area contributed by atoms with Crippen molar-refractivity contribution in [2.24, 2.45) is 5.92 Å². The van der Waals surface area contributed by atoms with Crippen LogP contribution < -0.4 is 5.32 Å². The molecule has 1 saturated carbocycles. The first-order chi connectivity index (χ1) is 8.56. The summed E-state index contributed by atoms with van der Waals surface area (Å²) in [6.45, 7) is 0.535. The summed E-state index contributed by atoms with van der Waals surface area (Å²) in [6, 6.07) is 0. The molecule has 0 bridgehead atoms. The molecule has 0 aromatic carbocycles. The molecule has 2 fully saturated rings. The number of amides is 1. The maximum absolute atomic E-state index is 11.8. The third-order valence-electron chi connectivity index (χ3n) is 3.67. The Bertz CT molecular complexity index is 332. The summed E-state index contributed by atoms with van der Waals surface area (Å²) >= 11 is 0. The van der Waals surface area contributed by atoms with Gasteiger partial charge in [-0.3, -0.25) is 4.79 Å². The lowest BCUT2D eigenvalue weighted by molar-refractivity contribution is -0.151. The van der Waals surface area contributed by atoms with E-state index in [1.54, 1.807) is 0 Å². The topological polar surface area (TPSA) is 95.9 Å². The average Bonchev–Trinajstić information content (AvgIpc) is 2.94. The Morgan fingerprint density at radius 2 is 1.89 bits per heavy atom. The van der Waals surface area contributed by atoms with Crippen LogP contribution in [-0.2, 0) is 14.3 Å². The molecule has 0 spiro atoms. The monoisotopic (exact) mass is 257 g/mol. The third-order valence-corrected chi connectivity index (χ3v) is 3.67. The number of aliphatic hydroxyl groups is 1. The summed E-state index contributed by atoms with van der Waals surface area (Å²) in [7, 11) is 0. The van der Waals surface area contributed by atoms with Crippen molar-refractivity contribution >= 4 is 11.9 Å². The largest absolute Gasteiger partial charge is 0.479 e. The van der Waals surface area contributed by atoms with Crippen LogP contribution in [0.25, 0.3) is 0 Å². The van der Waals surface area contributed by atoms with E-state index in [0.717, 1.165) is 19.3 Å². The second-order valence-corrected chi connectivity index (χ2v) is 5.11. The van der Waals surface area contributed by atoms with Crippen LogP contribution in [0.15, 0.2) is 0 Å². The normalized spacial score (nSPS) is 35.6. The lowest BCUT2D eigenvalue weighted by Crippen LogP contribution is -2.37. The van der Waals surface area contributed by atoms with Gasteiger partial charge in [-0.05, 0) is 38.0 Å². The number of carboxylic acid groups (broad SMARTS) is 1. The number of carbonyl (C=O) groups is 2. The van der Waals surface area contributed by atoms with Crippen LogP contribution in [0, 0.1) is 5.92 Å². The fourth-order valence-electron chi connectivity index (χ4n) is 2.60. The summed E-state index contributed by atoms with van der Waals surface area (Å²) < 4.78 is 5.16. The SMILES string of the molecule is O=C(NCC1CCC(O)C1)[C@@H]1CC[C@H](C(=O)O)O1. The van der Waals surface area contributed by atoms with Crippen molar-refractivity contribution in [1.82, 2.24) is 5.32 Å². The van der Waals surface area contributed by atoms with E-state index in [4.69, 9.17) is 9.84 Å². The van der Waals surface area contributed by atoms with Crippen LogP contribution in [-0.4, -0.2) is 46.9 Å². The standard InChI is InChI=1S/C12H19NO5/c14-8-2-1-7(5-8)6-13-11(15)9-3-4-10(18-9)12(16)17/h7-10,14H,1-6H2,(H,13,15)(H,16,17)/t7?,8?,9-,10+/m0/s1. The molecule has 0 aromatic rings. The molecule has 6 nitrogen and oxygen atoms in total. The number of carboxylic acids is 1. The highest BCUT2D eigenvalue weighted by Crippen LogP contribution is 2.25. The van der Waals surface area contributed by atoms with Gasteiger partial charge in [0.25, 0.3) is 0 Å². The Labute approximate surface area is 105 Å². The lowest BCUT2D eigenvalue weighted by atomic mass is 10.1. The van der Waals surface area contributed by atoms with Gasteiger partial charge in [-0.15, -0.1) is 0 Å². The molecule has 2 rings (SSSR count). The van der Waals surface area contributed by atoms with Gasteiger partial charge >= 0.3 is 5.97 Å². The minimum atomic E-state index is -1.01. The van der Waals surface area contributed by atoms with Crippen LogP contribution in [0.2, 0.25) is 0 Å². The van der Waals surface area contributed by atoms with Crippen molar-refractivity contribution < 1.29 is 24.5 Å². The van der Waals surface area contributed by atoms with Gasteiger partial charge in [-0.1, -0.05) is 0 Å². The maximum Gasteiger partial charge on any atom is 0.332 e. The molecule has 3 N–H and O–H groups in total. The number of aliphatic carboxylic acids is 1. The summed E-state index contributed by atoms with van der Waals surface area (Å²) in [5, 5.41) is 20.9. The van der Waals surface area contributed by atoms with Crippen molar-refractivity contribution in [3.8, 4) is 0 Å². The fraction of sp³-hybridized carbons (Fsp3) is 0.833. The molecule has 2 aliphatic rings. The van der Waals surface area contributed by atoms with Crippen molar-refractivity contribution in [2.75, 3.05) is 6.54 Å². The van der Waals surface area contributed by atoms with E-state index in [0.29, 0.717) is 25.3 Å². The molecule has 4 atom stereocenters. The van der Waals surface area contributed by atoms with Gasteiger partial charge in [0.15, 0.2) is 6.10 Å². The van der Waals surface area contributed by atoms with Crippen molar-refractivity contribution in [3.63, 3.8) is 0 Å². The van der Waals surface area contributed by atoms with Gasteiger partial charge in [-0.25, -0.2) is 4.79 Å². The molecule has 2 unspecified atom stereocenters. The molecule has 1 amide bonds. The predicted molar refractivity (Wildman–Crippen MR) is 61.9 cm³/mol. The van der Waals surface area contributed by atoms with Gasteiger partial charge in [0.1, 0.15) is 6.10 Å². The van der Waals surface area contributed by atoms with Crippen molar-refractivity contribution in [3.05, 3.63) is 0 Å². The molecule has 102 valence electrons. The minimum Gasteiger partial charge on any atom is -0.479 e. The molecule has 0 radical (unpaired) electrons. The van der Waals surface area contributed by atoms with Crippen LogP contribution in [0.5, 0.6) is 0 Å². The van der Waals surface area contributed by atoms with Crippen LogP contribution >= 0.6 is 0 Å². The van der Waals surface area contributed by atoms with E-state index in [1.165, 1.54) is 0 Å². The first-order valence-corrected chi connectivity index (χ1v) is 6.40. The minimum absolute atomic E-state index is 0.236. The number of ether oxygens (including phenoxy) is 1. The first-order valence-electron chi connectivity index (χ1n) is 6.40. The van der Waals surface area contributed by atoms with Gasteiger partial charge in [0, 0.05) is 6.54 Å². The summed E-state index contributed by atoms with van der Waals surface area (Å²) in [6.07, 6.45) is 1.54. The van der Waals surface area contributed by atoms with Crippen molar-refractivity contribution in [1.29, 1.82) is 0 Å². The smallest absolute Gasteiger partial charge is 0.332 e. The van der Waals surface area contributed by atoms with Crippen LogP contribution in [0.3, 0.4) is 0 Å². The zero-order chi connectivity index (χ0) is 13.1. The number of nitrogens with one attached hydrogen (secondary N) is 1. The van der Waals surface area contributed by atoms with Crippen LogP contribution in [0.4, 0.5) is 0 Å². The zero-order valence-electron chi connectivity index (χ0n) is 10.2. The predicted octanol–water partition coefficient (Wildman–Crippen LogP) is -0.104. The van der Waals surface area contributed by atoms with Gasteiger partial charge in [0.05, 0.1) is 6.10 Å². The van der Waals surface area contributed by atoms with Gasteiger partial charge < -0.3 is 20.3 Å². The fourth-order valence-corrected chi connectivity index (χ4v) is 2.60. The quantitative estimate of drug-likeness (QED) is 0.653.